The summed E-state index contributed by atoms with van der Waals surface area (Å²) < 4.78 is 39.2. The molecule has 0 aliphatic heterocycles. The molecule has 0 aliphatic rings. The first kappa shape index (κ1) is 17.1. The Kier molecular flexibility index (Phi) is 4.85. The van der Waals surface area contributed by atoms with Crippen molar-refractivity contribution in [1.82, 2.24) is 0 Å². The van der Waals surface area contributed by atoms with Crippen molar-refractivity contribution in [2.75, 3.05) is 17.8 Å². The molecule has 0 unspecified atom stereocenters. The molecular formula is C16H15ClF3N3. The van der Waals surface area contributed by atoms with Crippen molar-refractivity contribution in [3.05, 3.63) is 58.6 Å². The summed E-state index contributed by atoms with van der Waals surface area (Å²) in [5.41, 5.74) is 6.56. The number of benzene rings is 2. The Morgan fingerprint density at radius 3 is 2.48 bits per heavy atom. The van der Waals surface area contributed by atoms with Crippen LogP contribution in [0.3, 0.4) is 0 Å². The van der Waals surface area contributed by atoms with Gasteiger partial charge < -0.3 is 5.73 Å². The van der Waals surface area contributed by atoms with Crippen molar-refractivity contribution >= 4 is 28.7 Å². The number of hydrazone groups is 1. The standard InChI is InChI=1S/C16H15ClF3N3/c1-10(12-9-11(17)7-8-14(12)21)22-23(2)15-6-4-3-5-13(15)16(18,19)20/h3-9H,21H2,1-2H3/b22-10+. The molecule has 2 aromatic rings. The topological polar surface area (TPSA) is 41.6 Å². The Bertz CT molecular complexity index is 742. The number of hydrogen-bond acceptors (Lipinski definition) is 3. The van der Waals surface area contributed by atoms with Crippen molar-refractivity contribution in [3.63, 3.8) is 0 Å². The zero-order valence-electron chi connectivity index (χ0n) is 12.5. The maximum atomic E-state index is 13.1. The van der Waals surface area contributed by atoms with Gasteiger partial charge in [-0.1, -0.05) is 23.7 Å². The Morgan fingerprint density at radius 2 is 1.83 bits per heavy atom. The number of para-hydroxylation sites is 1. The monoisotopic (exact) mass is 341 g/mol. The fourth-order valence-electron chi connectivity index (χ4n) is 2.17. The Labute approximate surface area is 137 Å². The number of alkyl halides is 3. The van der Waals surface area contributed by atoms with E-state index in [1.54, 1.807) is 25.1 Å². The summed E-state index contributed by atoms with van der Waals surface area (Å²) in [4.78, 5) is 0. The average molecular weight is 342 g/mol. The number of nitrogen functional groups attached to an aromatic ring is 1. The van der Waals surface area contributed by atoms with Gasteiger partial charge in [-0.2, -0.15) is 18.3 Å². The quantitative estimate of drug-likeness (QED) is 0.495. The second-order valence-electron chi connectivity index (χ2n) is 4.96. The fraction of sp³-hybridized carbons (Fsp3) is 0.188. The van der Waals surface area contributed by atoms with Gasteiger partial charge in [0.25, 0.3) is 0 Å². The first-order chi connectivity index (χ1) is 10.7. The molecule has 0 amide bonds. The van der Waals surface area contributed by atoms with Gasteiger partial charge in [0.05, 0.1) is 17.0 Å². The smallest absolute Gasteiger partial charge is 0.398 e. The molecule has 3 nitrogen and oxygen atoms in total. The van der Waals surface area contributed by atoms with Crippen LogP contribution < -0.4 is 10.7 Å². The van der Waals surface area contributed by atoms with E-state index in [4.69, 9.17) is 17.3 Å². The third-order valence-corrected chi connectivity index (χ3v) is 3.50. The van der Waals surface area contributed by atoms with E-state index in [9.17, 15) is 13.2 Å². The van der Waals surface area contributed by atoms with E-state index in [0.717, 1.165) is 6.07 Å². The molecule has 0 saturated carbocycles. The summed E-state index contributed by atoms with van der Waals surface area (Å²) in [5.74, 6) is 0. The molecular weight excluding hydrogens is 327 g/mol. The molecule has 0 aromatic heterocycles. The van der Waals surface area contributed by atoms with Gasteiger partial charge >= 0.3 is 6.18 Å². The lowest BCUT2D eigenvalue weighted by Crippen LogP contribution is -2.18. The van der Waals surface area contributed by atoms with Crippen LogP contribution in [-0.2, 0) is 6.18 Å². The van der Waals surface area contributed by atoms with Gasteiger partial charge in [-0.15, -0.1) is 0 Å². The van der Waals surface area contributed by atoms with Gasteiger partial charge in [0, 0.05) is 23.3 Å². The average Bonchev–Trinajstić information content (AvgIpc) is 2.48. The first-order valence-electron chi connectivity index (χ1n) is 6.70. The summed E-state index contributed by atoms with van der Waals surface area (Å²) in [5, 5.41) is 5.86. The highest BCUT2D eigenvalue weighted by molar-refractivity contribution is 6.31. The van der Waals surface area contributed by atoms with Gasteiger partial charge in [-0.25, -0.2) is 0 Å². The Balaban J connectivity index is 2.42. The second-order valence-corrected chi connectivity index (χ2v) is 5.39. The summed E-state index contributed by atoms with van der Waals surface area (Å²) in [6.07, 6.45) is -4.45. The van der Waals surface area contributed by atoms with Crippen LogP contribution in [0.2, 0.25) is 5.02 Å². The van der Waals surface area contributed by atoms with Gasteiger partial charge in [-0.3, -0.25) is 5.01 Å². The molecule has 0 atom stereocenters. The molecule has 0 heterocycles. The molecule has 23 heavy (non-hydrogen) atoms. The van der Waals surface area contributed by atoms with Gasteiger partial charge in [-0.05, 0) is 37.3 Å². The third-order valence-electron chi connectivity index (χ3n) is 3.26. The van der Waals surface area contributed by atoms with Crippen molar-refractivity contribution in [2.45, 2.75) is 13.1 Å². The molecule has 0 aliphatic carbocycles. The third kappa shape index (κ3) is 3.96. The van der Waals surface area contributed by atoms with Crippen molar-refractivity contribution in [1.29, 1.82) is 0 Å². The van der Waals surface area contributed by atoms with E-state index < -0.39 is 11.7 Å². The first-order valence-corrected chi connectivity index (χ1v) is 7.08. The van der Waals surface area contributed by atoms with E-state index in [0.29, 0.717) is 22.0 Å². The Hall–Kier alpha value is -2.21. The molecule has 0 saturated heterocycles. The SMILES string of the molecule is C/C(=N\N(C)c1ccccc1C(F)(F)F)c1cc(Cl)ccc1N. The van der Waals surface area contributed by atoms with Crippen LogP contribution in [0.1, 0.15) is 18.1 Å². The van der Waals surface area contributed by atoms with Crippen LogP contribution in [-0.4, -0.2) is 12.8 Å². The van der Waals surface area contributed by atoms with Crippen LogP contribution in [0.4, 0.5) is 24.5 Å². The van der Waals surface area contributed by atoms with Crippen molar-refractivity contribution in [3.8, 4) is 0 Å². The van der Waals surface area contributed by atoms with E-state index in [1.807, 2.05) is 0 Å². The highest BCUT2D eigenvalue weighted by Crippen LogP contribution is 2.36. The maximum absolute atomic E-state index is 13.1. The molecule has 0 bridgehead atoms. The van der Waals surface area contributed by atoms with Crippen molar-refractivity contribution < 1.29 is 13.2 Å². The molecule has 0 radical (unpaired) electrons. The van der Waals surface area contributed by atoms with Crippen LogP contribution in [0.5, 0.6) is 0 Å². The number of nitrogens with zero attached hydrogens (tertiary/aromatic N) is 2. The maximum Gasteiger partial charge on any atom is 0.418 e. The summed E-state index contributed by atoms with van der Waals surface area (Å²) in [6.45, 7) is 1.66. The zero-order chi connectivity index (χ0) is 17.2. The van der Waals surface area contributed by atoms with Crippen LogP contribution in [0.25, 0.3) is 0 Å². The lowest BCUT2D eigenvalue weighted by molar-refractivity contribution is -0.137. The normalized spacial score (nSPS) is 12.3. The molecule has 2 aromatic carbocycles. The van der Waals surface area contributed by atoms with Crippen molar-refractivity contribution in [2.24, 2.45) is 5.10 Å². The van der Waals surface area contributed by atoms with E-state index in [-0.39, 0.29) is 5.69 Å². The molecule has 0 fully saturated rings. The lowest BCUT2D eigenvalue weighted by atomic mass is 10.1. The minimum atomic E-state index is -4.45. The summed E-state index contributed by atoms with van der Waals surface area (Å²) in [7, 11) is 1.45. The van der Waals surface area contributed by atoms with Gasteiger partial charge in [0.2, 0.25) is 0 Å². The zero-order valence-corrected chi connectivity index (χ0v) is 13.3. The number of hydrogen-bond donors (Lipinski definition) is 1. The minimum Gasteiger partial charge on any atom is -0.398 e. The number of nitrogens with two attached hydrogens (primary N) is 1. The number of anilines is 2. The molecule has 0 spiro atoms. The predicted octanol–water partition coefficient (Wildman–Crippen LogP) is 4.80. The Morgan fingerprint density at radius 1 is 1.17 bits per heavy atom. The second kappa shape index (κ2) is 6.50. The highest BCUT2D eigenvalue weighted by atomic mass is 35.5. The predicted molar refractivity (Wildman–Crippen MR) is 87.9 cm³/mol. The minimum absolute atomic E-state index is 0.0417. The number of rotatable bonds is 3. The van der Waals surface area contributed by atoms with E-state index in [1.165, 1.54) is 30.3 Å². The largest absolute Gasteiger partial charge is 0.418 e. The molecule has 2 rings (SSSR count). The molecule has 7 heteroatoms. The van der Waals surface area contributed by atoms with Crippen LogP contribution in [0, 0.1) is 0 Å². The summed E-state index contributed by atoms with van der Waals surface area (Å²) in [6, 6.07) is 10.1. The molecule has 2 N–H and O–H groups in total. The lowest BCUT2D eigenvalue weighted by Gasteiger charge is -2.20. The summed E-state index contributed by atoms with van der Waals surface area (Å²) >= 11 is 5.93. The highest BCUT2D eigenvalue weighted by Gasteiger charge is 2.34. The van der Waals surface area contributed by atoms with Gasteiger partial charge in [0.1, 0.15) is 0 Å². The van der Waals surface area contributed by atoms with Crippen LogP contribution in [0.15, 0.2) is 47.6 Å². The van der Waals surface area contributed by atoms with Crippen LogP contribution >= 0.6 is 11.6 Å². The molecule has 122 valence electrons. The van der Waals surface area contributed by atoms with Gasteiger partial charge in [0.15, 0.2) is 0 Å². The fourth-order valence-corrected chi connectivity index (χ4v) is 2.34. The van der Waals surface area contributed by atoms with E-state index in [2.05, 4.69) is 5.10 Å². The van der Waals surface area contributed by atoms with E-state index >= 15 is 0 Å². The number of halogens is 4.